The van der Waals surface area contributed by atoms with Crippen LogP contribution in [-0.2, 0) is 17.9 Å². The van der Waals surface area contributed by atoms with E-state index in [0.717, 1.165) is 34.4 Å². The van der Waals surface area contributed by atoms with Crippen LogP contribution in [0.1, 0.15) is 18.1 Å². The monoisotopic (exact) mass is 399 g/mol. The van der Waals surface area contributed by atoms with Crippen molar-refractivity contribution in [1.29, 1.82) is 0 Å². The lowest BCUT2D eigenvalue weighted by Gasteiger charge is -2.20. The normalized spacial score (nSPS) is 10.1. The minimum atomic E-state index is -0.0395. The first kappa shape index (κ1) is 22.9. The fraction of sp³-hybridized carbons (Fsp3) is 0.500. The van der Waals surface area contributed by atoms with Crippen molar-refractivity contribution in [1.82, 2.24) is 9.80 Å². The van der Waals surface area contributed by atoms with E-state index in [1.165, 1.54) is 0 Å². The Morgan fingerprint density at radius 3 is 1.71 bits per heavy atom. The van der Waals surface area contributed by atoms with Gasteiger partial charge < -0.3 is 15.1 Å². The van der Waals surface area contributed by atoms with Crippen LogP contribution in [-0.4, -0.2) is 43.9 Å². The van der Waals surface area contributed by atoms with Crippen LogP contribution in [0.25, 0.3) is 0 Å². The predicted molar refractivity (Wildman–Crippen MR) is 97.7 cm³/mol. The molecule has 1 rings (SSSR count). The molecule has 0 bridgehead atoms. The van der Waals surface area contributed by atoms with E-state index in [2.05, 4.69) is 43.2 Å². The molecule has 1 amide bonds. The molecular formula is C14H24BrCl2N3O. The number of nitrogens with one attached hydrogen (secondary N) is 1. The largest absolute Gasteiger partial charge is 0.326 e. The number of halogens is 3. The molecule has 4 nitrogen and oxygen atoms in total. The molecule has 0 aliphatic rings. The summed E-state index contributed by atoms with van der Waals surface area (Å²) in [5.74, 6) is -0.0395. The second-order valence-corrected chi connectivity index (χ2v) is 6.17. The molecule has 0 saturated carbocycles. The second-order valence-electron chi connectivity index (χ2n) is 5.26. The average Bonchev–Trinajstić information content (AvgIpc) is 2.20. The van der Waals surface area contributed by atoms with Gasteiger partial charge in [0.1, 0.15) is 0 Å². The molecule has 0 atom stereocenters. The van der Waals surface area contributed by atoms with Crippen molar-refractivity contribution in [3.05, 3.63) is 27.7 Å². The zero-order valence-electron chi connectivity index (χ0n) is 13.1. The van der Waals surface area contributed by atoms with Crippen LogP contribution in [0.2, 0.25) is 0 Å². The van der Waals surface area contributed by atoms with Crippen LogP contribution in [0, 0.1) is 0 Å². The van der Waals surface area contributed by atoms with Crippen molar-refractivity contribution < 1.29 is 4.79 Å². The van der Waals surface area contributed by atoms with Crippen molar-refractivity contribution in [3.8, 4) is 0 Å². The number of carbonyl (C=O) groups excluding carboxylic acids is 1. The third-order valence-electron chi connectivity index (χ3n) is 2.54. The zero-order chi connectivity index (χ0) is 14.6. The number of amides is 1. The van der Waals surface area contributed by atoms with Gasteiger partial charge in [0.2, 0.25) is 5.91 Å². The summed E-state index contributed by atoms with van der Waals surface area (Å²) in [4.78, 5) is 15.6. The molecule has 0 radical (unpaired) electrons. The SMILES string of the molecule is CC(=O)Nc1c(CN(C)C)cc(Br)cc1CN(C)C.Cl.Cl. The minimum absolute atomic E-state index is 0. The molecule has 0 unspecified atom stereocenters. The maximum atomic E-state index is 11.4. The smallest absolute Gasteiger partial charge is 0.221 e. The molecule has 0 spiro atoms. The highest BCUT2D eigenvalue weighted by atomic mass is 79.9. The average molecular weight is 401 g/mol. The summed E-state index contributed by atoms with van der Waals surface area (Å²) in [7, 11) is 8.07. The number of benzene rings is 1. The minimum Gasteiger partial charge on any atom is -0.326 e. The van der Waals surface area contributed by atoms with Gasteiger partial charge in [-0.1, -0.05) is 15.9 Å². The van der Waals surface area contributed by atoms with Gasteiger partial charge in [-0.25, -0.2) is 0 Å². The van der Waals surface area contributed by atoms with Gasteiger partial charge in [-0.05, 0) is 51.5 Å². The number of carbonyl (C=O) groups is 1. The summed E-state index contributed by atoms with van der Waals surface area (Å²) >= 11 is 3.54. The third-order valence-corrected chi connectivity index (χ3v) is 3.00. The lowest BCUT2D eigenvalue weighted by molar-refractivity contribution is -0.114. The van der Waals surface area contributed by atoms with Crippen molar-refractivity contribution in [2.24, 2.45) is 0 Å². The van der Waals surface area contributed by atoms with E-state index >= 15 is 0 Å². The molecule has 0 aliphatic carbocycles. The van der Waals surface area contributed by atoms with Crippen LogP contribution in [0.15, 0.2) is 16.6 Å². The summed E-state index contributed by atoms with van der Waals surface area (Å²) in [6.07, 6.45) is 0. The van der Waals surface area contributed by atoms with Gasteiger partial charge in [-0.15, -0.1) is 24.8 Å². The van der Waals surface area contributed by atoms with E-state index in [9.17, 15) is 4.79 Å². The molecular weight excluding hydrogens is 377 g/mol. The maximum Gasteiger partial charge on any atom is 0.221 e. The van der Waals surface area contributed by atoms with Gasteiger partial charge in [0, 0.05) is 30.2 Å². The van der Waals surface area contributed by atoms with Gasteiger partial charge in [0.25, 0.3) is 0 Å². The maximum absolute atomic E-state index is 11.4. The number of hydrogen-bond donors (Lipinski definition) is 1. The summed E-state index contributed by atoms with van der Waals surface area (Å²) < 4.78 is 1.04. The molecule has 0 aliphatic heterocycles. The van der Waals surface area contributed by atoms with Crippen LogP contribution < -0.4 is 5.32 Å². The number of rotatable bonds is 5. The topological polar surface area (TPSA) is 35.6 Å². The highest BCUT2D eigenvalue weighted by Crippen LogP contribution is 2.28. The Labute approximate surface area is 148 Å². The van der Waals surface area contributed by atoms with Crippen molar-refractivity contribution >= 4 is 52.3 Å². The fourth-order valence-corrected chi connectivity index (χ4v) is 2.55. The van der Waals surface area contributed by atoms with E-state index in [1.807, 2.05) is 28.2 Å². The van der Waals surface area contributed by atoms with Crippen molar-refractivity contribution in [3.63, 3.8) is 0 Å². The molecule has 0 heterocycles. The Balaban J connectivity index is 0. The summed E-state index contributed by atoms with van der Waals surface area (Å²) in [5, 5.41) is 2.97. The predicted octanol–water partition coefficient (Wildman–Crippen LogP) is 3.37. The van der Waals surface area contributed by atoms with Crippen molar-refractivity contribution in [2.75, 3.05) is 33.5 Å². The van der Waals surface area contributed by atoms with Gasteiger partial charge in [-0.2, -0.15) is 0 Å². The summed E-state index contributed by atoms with van der Waals surface area (Å²) in [5.41, 5.74) is 3.16. The molecule has 21 heavy (non-hydrogen) atoms. The first-order valence-electron chi connectivity index (χ1n) is 6.18. The Kier molecular flexibility index (Phi) is 11.4. The Morgan fingerprint density at radius 1 is 1.05 bits per heavy atom. The molecule has 0 saturated heterocycles. The highest BCUT2D eigenvalue weighted by Gasteiger charge is 2.13. The molecule has 0 aromatic heterocycles. The van der Waals surface area contributed by atoms with Crippen molar-refractivity contribution in [2.45, 2.75) is 20.0 Å². The van der Waals surface area contributed by atoms with Gasteiger partial charge >= 0.3 is 0 Å². The van der Waals surface area contributed by atoms with E-state index in [0.29, 0.717) is 0 Å². The third kappa shape index (κ3) is 8.02. The lowest BCUT2D eigenvalue weighted by Crippen LogP contribution is -2.19. The molecule has 0 fully saturated rings. The molecule has 7 heteroatoms. The molecule has 1 N–H and O–H groups in total. The number of hydrogen-bond acceptors (Lipinski definition) is 3. The van der Waals surface area contributed by atoms with E-state index in [1.54, 1.807) is 6.92 Å². The van der Waals surface area contributed by atoms with Crippen LogP contribution in [0.4, 0.5) is 5.69 Å². The van der Waals surface area contributed by atoms with Gasteiger partial charge in [-0.3, -0.25) is 4.79 Å². The number of nitrogens with zero attached hydrogens (tertiary/aromatic N) is 2. The number of anilines is 1. The lowest BCUT2D eigenvalue weighted by atomic mass is 10.1. The standard InChI is InChI=1S/C14H22BrN3O.2ClH/c1-10(19)16-14-11(8-17(2)3)6-13(15)7-12(14)9-18(4)5;;/h6-7H,8-9H2,1-5H3,(H,16,19);2*1H. The summed E-state index contributed by atoms with van der Waals surface area (Å²) in [6.45, 7) is 3.12. The van der Waals surface area contributed by atoms with Crippen LogP contribution in [0.3, 0.4) is 0 Å². The second kappa shape index (κ2) is 10.4. The van der Waals surface area contributed by atoms with Crippen LogP contribution in [0.5, 0.6) is 0 Å². The molecule has 122 valence electrons. The molecule has 1 aromatic rings. The van der Waals surface area contributed by atoms with E-state index in [-0.39, 0.29) is 30.7 Å². The van der Waals surface area contributed by atoms with Crippen LogP contribution >= 0.6 is 40.7 Å². The Bertz CT molecular complexity index is 437. The first-order valence-corrected chi connectivity index (χ1v) is 6.97. The Hall–Kier alpha value is -0.330. The molecule has 1 aromatic carbocycles. The fourth-order valence-electron chi connectivity index (χ4n) is 1.99. The van der Waals surface area contributed by atoms with E-state index < -0.39 is 0 Å². The van der Waals surface area contributed by atoms with Gasteiger partial charge in [0.15, 0.2) is 0 Å². The Morgan fingerprint density at radius 2 is 1.43 bits per heavy atom. The highest BCUT2D eigenvalue weighted by molar-refractivity contribution is 9.10. The quantitative estimate of drug-likeness (QED) is 0.822. The van der Waals surface area contributed by atoms with Gasteiger partial charge in [0.05, 0.1) is 0 Å². The first-order chi connectivity index (χ1) is 8.79. The zero-order valence-corrected chi connectivity index (χ0v) is 16.3. The summed E-state index contributed by atoms with van der Waals surface area (Å²) in [6, 6.07) is 4.12. The van der Waals surface area contributed by atoms with E-state index in [4.69, 9.17) is 0 Å².